The number of hydrogen-bond acceptors (Lipinski definition) is 1. The molecule has 0 heterocycles. The maximum atomic E-state index is 10.5. The van der Waals surface area contributed by atoms with Crippen molar-refractivity contribution in [3.63, 3.8) is 0 Å². The van der Waals surface area contributed by atoms with Gasteiger partial charge in [0.25, 0.3) is 0 Å². The zero-order chi connectivity index (χ0) is 6.73. The van der Waals surface area contributed by atoms with Crippen molar-refractivity contribution in [1.29, 1.82) is 0 Å². The third-order valence-electron chi connectivity index (χ3n) is 1.33. The highest BCUT2D eigenvalue weighted by atomic mass is 35.5. The Morgan fingerprint density at radius 1 is 1.50 bits per heavy atom. The van der Waals surface area contributed by atoms with Crippen LogP contribution in [-0.2, 0) is 4.79 Å². The van der Waals surface area contributed by atoms with E-state index < -0.39 is 0 Å². The Morgan fingerprint density at radius 3 is 1.88 bits per heavy atom. The highest BCUT2D eigenvalue weighted by Crippen LogP contribution is 2.09. The molecule has 0 spiro atoms. The van der Waals surface area contributed by atoms with Gasteiger partial charge in [-0.05, 0) is 13.8 Å². The third kappa shape index (κ3) is 2.31. The summed E-state index contributed by atoms with van der Waals surface area (Å²) in [6.07, 6.45) is 0. The second kappa shape index (κ2) is 3.08. The zero-order valence-electron chi connectivity index (χ0n) is 5.44. The first-order valence-electron chi connectivity index (χ1n) is 2.70. The first kappa shape index (κ1) is 7.96. The topological polar surface area (TPSA) is 17.1 Å². The molecule has 1 nitrogen and oxygen atoms in total. The number of alkyl halides is 1. The van der Waals surface area contributed by atoms with Gasteiger partial charge in [0.2, 0.25) is 0 Å². The average Bonchev–Trinajstić information content (AvgIpc) is 1.64. The van der Waals surface area contributed by atoms with Gasteiger partial charge in [-0.3, -0.25) is 4.79 Å². The summed E-state index contributed by atoms with van der Waals surface area (Å²) < 4.78 is 0. The minimum atomic E-state index is -0.0347. The van der Waals surface area contributed by atoms with E-state index in [9.17, 15) is 4.79 Å². The van der Waals surface area contributed by atoms with Crippen molar-refractivity contribution in [3.8, 4) is 0 Å². The van der Waals surface area contributed by atoms with E-state index in [0.717, 1.165) is 0 Å². The molecule has 0 bridgehead atoms. The molecule has 2 atom stereocenters. The minimum absolute atomic E-state index is 0.00309. The average molecular weight is 135 g/mol. The second-order valence-corrected chi connectivity index (χ2v) is 2.77. The van der Waals surface area contributed by atoms with E-state index in [1.807, 2.05) is 13.8 Å². The van der Waals surface area contributed by atoms with Gasteiger partial charge in [-0.25, -0.2) is 0 Å². The largest absolute Gasteiger partial charge is 0.300 e. The molecule has 0 aliphatic heterocycles. The molecule has 0 aromatic carbocycles. The fraction of sp³-hybridized carbons (Fsp3) is 0.833. The van der Waals surface area contributed by atoms with Crippen LogP contribution in [0.1, 0.15) is 20.8 Å². The van der Waals surface area contributed by atoms with Crippen LogP contribution < -0.4 is 0 Å². The molecule has 8 heavy (non-hydrogen) atoms. The minimum Gasteiger partial charge on any atom is -0.300 e. The van der Waals surface area contributed by atoms with E-state index in [4.69, 9.17) is 11.6 Å². The number of hydrogen-bond donors (Lipinski definition) is 0. The molecule has 0 N–H and O–H groups in total. The molecule has 0 aromatic heterocycles. The molecule has 2 unspecified atom stereocenters. The predicted octanol–water partition coefficient (Wildman–Crippen LogP) is 1.84. The smallest absolute Gasteiger partial charge is 0.134 e. The first-order valence-corrected chi connectivity index (χ1v) is 3.14. The van der Waals surface area contributed by atoms with Gasteiger partial charge in [-0.2, -0.15) is 0 Å². The zero-order valence-corrected chi connectivity index (χ0v) is 6.20. The first-order chi connectivity index (χ1) is 3.55. The second-order valence-electron chi connectivity index (χ2n) is 2.08. The predicted molar refractivity (Wildman–Crippen MR) is 35.2 cm³/mol. The molecule has 0 amide bonds. The van der Waals surface area contributed by atoms with Crippen molar-refractivity contribution < 1.29 is 4.79 Å². The third-order valence-corrected chi connectivity index (χ3v) is 1.71. The fourth-order valence-electron chi connectivity index (χ4n) is 0.323. The van der Waals surface area contributed by atoms with Gasteiger partial charge in [-0.15, -0.1) is 11.6 Å². The summed E-state index contributed by atoms with van der Waals surface area (Å²) in [6, 6.07) is 0. The van der Waals surface area contributed by atoms with Gasteiger partial charge in [0, 0.05) is 11.3 Å². The van der Waals surface area contributed by atoms with Crippen LogP contribution in [0.25, 0.3) is 0 Å². The van der Waals surface area contributed by atoms with Gasteiger partial charge >= 0.3 is 0 Å². The van der Waals surface area contributed by atoms with Gasteiger partial charge < -0.3 is 0 Å². The quantitative estimate of drug-likeness (QED) is 0.527. The molecular weight excluding hydrogens is 124 g/mol. The molecule has 0 radical (unpaired) electrons. The van der Waals surface area contributed by atoms with Crippen LogP contribution in [0.5, 0.6) is 0 Å². The van der Waals surface area contributed by atoms with Crippen molar-refractivity contribution in [1.82, 2.24) is 0 Å². The lowest BCUT2D eigenvalue weighted by atomic mass is 10.1. The molecule has 0 aliphatic carbocycles. The Labute approximate surface area is 55.0 Å². The summed E-state index contributed by atoms with van der Waals surface area (Å²) >= 11 is 5.60. The van der Waals surface area contributed by atoms with Gasteiger partial charge in [0.15, 0.2) is 0 Å². The number of carbonyl (C=O) groups is 1. The number of ketones is 1. The van der Waals surface area contributed by atoms with Crippen molar-refractivity contribution in [2.45, 2.75) is 26.1 Å². The molecule has 2 heteroatoms. The number of halogens is 1. The Hall–Kier alpha value is -0.0400. The summed E-state index contributed by atoms with van der Waals surface area (Å²) in [7, 11) is 0. The molecule has 0 fully saturated rings. The SMILES string of the molecule is CC(=O)C(C)C(C)Cl. The lowest BCUT2D eigenvalue weighted by molar-refractivity contribution is -0.120. The van der Waals surface area contributed by atoms with Gasteiger partial charge in [0.05, 0.1) is 0 Å². The lowest BCUT2D eigenvalue weighted by Gasteiger charge is -2.07. The maximum absolute atomic E-state index is 10.5. The van der Waals surface area contributed by atoms with Crippen LogP contribution in [0.2, 0.25) is 0 Å². The van der Waals surface area contributed by atoms with Crippen molar-refractivity contribution in [2.24, 2.45) is 5.92 Å². The highest BCUT2D eigenvalue weighted by molar-refractivity contribution is 6.21. The standard InChI is InChI=1S/C6H11ClO/c1-4(5(2)7)6(3)8/h4-5H,1-3H3. The fourth-order valence-corrected chi connectivity index (χ4v) is 0.501. The summed E-state index contributed by atoms with van der Waals surface area (Å²) in [4.78, 5) is 10.5. The van der Waals surface area contributed by atoms with E-state index in [1.54, 1.807) is 6.92 Å². The molecule has 0 rings (SSSR count). The number of carbonyl (C=O) groups excluding carboxylic acids is 1. The summed E-state index contributed by atoms with van der Waals surface area (Å²) in [5.41, 5.74) is 0. The number of Topliss-reactive ketones (excluding diaryl/α,β-unsaturated/α-hetero) is 1. The molecule has 0 saturated heterocycles. The van der Waals surface area contributed by atoms with Crippen LogP contribution in [0.3, 0.4) is 0 Å². The maximum Gasteiger partial charge on any atom is 0.134 e. The van der Waals surface area contributed by atoms with Crippen LogP contribution in [0, 0.1) is 5.92 Å². The molecule has 0 aliphatic rings. The Morgan fingerprint density at radius 2 is 1.88 bits per heavy atom. The summed E-state index contributed by atoms with van der Waals surface area (Å²) in [6.45, 7) is 5.22. The van der Waals surface area contributed by atoms with Gasteiger partial charge in [-0.1, -0.05) is 6.92 Å². The molecular formula is C6H11ClO. The van der Waals surface area contributed by atoms with Crippen LogP contribution >= 0.6 is 11.6 Å². The molecule has 48 valence electrons. The lowest BCUT2D eigenvalue weighted by Crippen LogP contribution is -2.15. The summed E-state index contributed by atoms with van der Waals surface area (Å²) in [5.74, 6) is 0.157. The van der Waals surface area contributed by atoms with E-state index in [0.29, 0.717) is 0 Å². The molecule has 0 aromatic rings. The van der Waals surface area contributed by atoms with E-state index in [2.05, 4.69) is 0 Å². The van der Waals surface area contributed by atoms with E-state index in [-0.39, 0.29) is 17.1 Å². The van der Waals surface area contributed by atoms with Crippen LogP contribution in [-0.4, -0.2) is 11.2 Å². The normalized spacial score (nSPS) is 17.5. The van der Waals surface area contributed by atoms with Gasteiger partial charge in [0.1, 0.15) is 5.78 Å². The van der Waals surface area contributed by atoms with Crippen molar-refractivity contribution in [2.75, 3.05) is 0 Å². The Bertz CT molecular complexity index is 88.5. The monoisotopic (exact) mass is 134 g/mol. The van der Waals surface area contributed by atoms with Crippen molar-refractivity contribution >= 4 is 17.4 Å². The Balaban J connectivity index is 3.64. The van der Waals surface area contributed by atoms with Crippen LogP contribution in [0.15, 0.2) is 0 Å². The van der Waals surface area contributed by atoms with Crippen molar-refractivity contribution in [3.05, 3.63) is 0 Å². The summed E-state index contributed by atoms with van der Waals surface area (Å²) in [5, 5.41) is -0.0347. The van der Waals surface area contributed by atoms with E-state index in [1.165, 1.54) is 0 Å². The van der Waals surface area contributed by atoms with Crippen LogP contribution in [0.4, 0.5) is 0 Å². The van der Waals surface area contributed by atoms with E-state index >= 15 is 0 Å². The molecule has 0 saturated carbocycles. The number of rotatable bonds is 2. The highest BCUT2D eigenvalue weighted by Gasteiger charge is 2.12. The Kier molecular flexibility index (Phi) is 3.06.